The summed E-state index contributed by atoms with van der Waals surface area (Å²) in [6.45, 7) is 0.717. The van der Waals surface area contributed by atoms with Crippen LogP contribution < -0.4 is 9.47 Å². The van der Waals surface area contributed by atoms with Crippen LogP contribution in [0.5, 0.6) is 11.5 Å². The third-order valence-corrected chi connectivity index (χ3v) is 6.78. The van der Waals surface area contributed by atoms with Crippen LogP contribution >= 0.6 is 22.9 Å². The fraction of sp³-hybridized carbons (Fsp3) is 0.292. The van der Waals surface area contributed by atoms with Crippen LogP contribution in [0.4, 0.5) is 17.6 Å². The summed E-state index contributed by atoms with van der Waals surface area (Å²) in [5.74, 6) is -2.93. The number of carboxylic acids is 1. The summed E-state index contributed by atoms with van der Waals surface area (Å²) in [5, 5.41) is 8.85. The van der Waals surface area contributed by atoms with Gasteiger partial charge in [-0.3, -0.25) is 4.79 Å². The van der Waals surface area contributed by atoms with E-state index in [0.29, 0.717) is 17.1 Å². The van der Waals surface area contributed by atoms with Gasteiger partial charge in [0.1, 0.15) is 28.3 Å². The average Bonchev–Trinajstić information content (AvgIpc) is 3.11. The summed E-state index contributed by atoms with van der Waals surface area (Å²) in [5.41, 5.74) is 0.625. The van der Waals surface area contributed by atoms with E-state index in [0.717, 1.165) is 24.3 Å². The topological polar surface area (TPSA) is 55.8 Å². The lowest BCUT2D eigenvalue weighted by Crippen LogP contribution is -2.19. The number of carbonyl (C=O) groups is 1. The summed E-state index contributed by atoms with van der Waals surface area (Å²) < 4.78 is 66.9. The first-order valence-electron chi connectivity index (χ1n) is 10.2. The van der Waals surface area contributed by atoms with Gasteiger partial charge in [-0.25, -0.2) is 4.39 Å². The summed E-state index contributed by atoms with van der Waals surface area (Å²) in [4.78, 5) is 10.9. The Kier molecular flexibility index (Phi) is 8.09. The van der Waals surface area contributed by atoms with Gasteiger partial charge in [0.05, 0.1) is 13.0 Å². The Morgan fingerprint density at radius 3 is 2.56 bits per heavy atom. The Morgan fingerprint density at radius 1 is 1.18 bits per heavy atom. The van der Waals surface area contributed by atoms with Gasteiger partial charge >= 0.3 is 12.1 Å². The number of benzene rings is 2. The number of aryl methyl sites for hydroxylation is 1. The molecular formula is C24H21ClF4O4S. The van der Waals surface area contributed by atoms with E-state index in [1.165, 1.54) is 19.2 Å². The third-order valence-electron chi connectivity index (χ3n) is 5.25. The van der Waals surface area contributed by atoms with Crippen LogP contribution in [-0.2, 0) is 17.8 Å². The molecule has 0 aliphatic rings. The number of hydrogen-bond acceptors (Lipinski definition) is 4. The van der Waals surface area contributed by atoms with Crippen molar-refractivity contribution in [2.75, 3.05) is 7.11 Å². The van der Waals surface area contributed by atoms with E-state index in [4.69, 9.17) is 26.2 Å². The zero-order valence-electron chi connectivity index (χ0n) is 18.2. The molecule has 1 N–H and O–H groups in total. The van der Waals surface area contributed by atoms with Crippen molar-refractivity contribution < 1.29 is 36.9 Å². The van der Waals surface area contributed by atoms with Gasteiger partial charge in [0.25, 0.3) is 0 Å². The lowest BCUT2D eigenvalue weighted by Gasteiger charge is -2.19. The molecule has 3 rings (SSSR count). The van der Waals surface area contributed by atoms with E-state index in [1.54, 1.807) is 24.3 Å². The standard InChI is InChI=1S/C24H21ClF4O4S/c1-13(24(27,28)29)21-18(12-33-16-5-3-4-14(10-16)6-9-20(30)31)23(25)34-22(21)17-11-15(32-2)7-8-19(17)26/h3-5,7-8,10-11,13H,6,9,12H2,1-2H3,(H,30,31). The first-order chi connectivity index (χ1) is 16.0. The highest BCUT2D eigenvalue weighted by molar-refractivity contribution is 7.19. The Labute approximate surface area is 202 Å². The smallest absolute Gasteiger partial charge is 0.395 e. The number of methoxy groups -OCH3 is 1. The number of halogens is 5. The molecule has 0 aliphatic heterocycles. The van der Waals surface area contributed by atoms with Gasteiger partial charge in [-0.1, -0.05) is 23.7 Å². The molecule has 0 bridgehead atoms. The third kappa shape index (κ3) is 6.01. The molecule has 2 aromatic carbocycles. The van der Waals surface area contributed by atoms with Gasteiger partial charge in [0.15, 0.2) is 0 Å². The van der Waals surface area contributed by atoms with Crippen LogP contribution in [0.3, 0.4) is 0 Å². The first-order valence-corrected chi connectivity index (χ1v) is 11.4. The largest absolute Gasteiger partial charge is 0.497 e. The number of thiophene rings is 1. The van der Waals surface area contributed by atoms with Crippen molar-refractivity contribution >= 4 is 28.9 Å². The molecule has 0 fully saturated rings. The minimum absolute atomic E-state index is 0.0423. The SMILES string of the molecule is COc1ccc(F)c(-c2sc(Cl)c(COc3cccc(CCC(=O)O)c3)c2C(C)C(F)(F)F)c1. The van der Waals surface area contributed by atoms with Gasteiger partial charge in [-0.15, -0.1) is 11.3 Å². The van der Waals surface area contributed by atoms with E-state index < -0.39 is 23.9 Å². The highest BCUT2D eigenvalue weighted by Crippen LogP contribution is 2.49. The molecule has 182 valence electrons. The predicted octanol–water partition coefficient (Wildman–Crippen LogP) is 7.48. The molecule has 1 heterocycles. The first kappa shape index (κ1) is 25.8. The van der Waals surface area contributed by atoms with E-state index in [-0.39, 0.29) is 45.4 Å². The van der Waals surface area contributed by atoms with Crippen LogP contribution in [0.1, 0.15) is 36.0 Å². The van der Waals surface area contributed by atoms with Crippen LogP contribution in [0.2, 0.25) is 4.34 Å². The van der Waals surface area contributed by atoms with Crippen molar-refractivity contribution in [3.05, 3.63) is 69.3 Å². The van der Waals surface area contributed by atoms with E-state index in [2.05, 4.69) is 0 Å². The molecule has 1 unspecified atom stereocenters. The highest BCUT2D eigenvalue weighted by atomic mass is 35.5. The van der Waals surface area contributed by atoms with Crippen molar-refractivity contribution in [3.8, 4) is 21.9 Å². The molecule has 0 saturated heterocycles. The number of aliphatic carboxylic acids is 1. The van der Waals surface area contributed by atoms with Gasteiger partial charge in [0.2, 0.25) is 0 Å². The molecule has 1 aromatic heterocycles. The molecule has 10 heteroatoms. The summed E-state index contributed by atoms with van der Waals surface area (Å²) in [6, 6.07) is 10.5. The lowest BCUT2D eigenvalue weighted by molar-refractivity contribution is -0.146. The molecule has 1 atom stereocenters. The van der Waals surface area contributed by atoms with Crippen molar-refractivity contribution in [1.29, 1.82) is 0 Å². The summed E-state index contributed by atoms with van der Waals surface area (Å²) in [7, 11) is 1.38. The fourth-order valence-corrected chi connectivity index (χ4v) is 4.94. The van der Waals surface area contributed by atoms with Crippen LogP contribution in [-0.4, -0.2) is 24.4 Å². The predicted molar refractivity (Wildman–Crippen MR) is 122 cm³/mol. The Balaban J connectivity index is 2.00. The van der Waals surface area contributed by atoms with Gasteiger partial charge in [0, 0.05) is 22.4 Å². The van der Waals surface area contributed by atoms with Gasteiger partial charge in [-0.05, 0) is 54.8 Å². The fourth-order valence-electron chi connectivity index (χ4n) is 3.41. The quantitative estimate of drug-likeness (QED) is 0.300. The monoisotopic (exact) mass is 516 g/mol. The van der Waals surface area contributed by atoms with Gasteiger partial charge < -0.3 is 14.6 Å². The average molecular weight is 517 g/mol. The second-order valence-electron chi connectivity index (χ2n) is 7.54. The molecule has 0 amide bonds. The zero-order valence-corrected chi connectivity index (χ0v) is 19.8. The van der Waals surface area contributed by atoms with Crippen molar-refractivity contribution in [2.24, 2.45) is 0 Å². The molecule has 3 aromatic rings. The molecule has 0 saturated carbocycles. The second kappa shape index (κ2) is 10.7. The highest BCUT2D eigenvalue weighted by Gasteiger charge is 2.41. The van der Waals surface area contributed by atoms with Crippen molar-refractivity contribution in [3.63, 3.8) is 0 Å². The van der Waals surface area contributed by atoms with Crippen molar-refractivity contribution in [2.45, 2.75) is 38.5 Å². The van der Waals surface area contributed by atoms with E-state index in [1.807, 2.05) is 0 Å². The molecule has 0 radical (unpaired) electrons. The Morgan fingerprint density at radius 2 is 1.91 bits per heavy atom. The maximum atomic E-state index is 14.7. The zero-order chi connectivity index (χ0) is 25.0. The molecular weight excluding hydrogens is 496 g/mol. The molecule has 4 nitrogen and oxygen atoms in total. The minimum Gasteiger partial charge on any atom is -0.497 e. The number of hydrogen-bond donors (Lipinski definition) is 1. The Bertz CT molecular complexity index is 1180. The van der Waals surface area contributed by atoms with E-state index >= 15 is 0 Å². The normalized spacial score (nSPS) is 12.4. The molecule has 0 spiro atoms. The van der Waals surface area contributed by atoms with Gasteiger partial charge in [-0.2, -0.15) is 13.2 Å². The second-order valence-corrected chi connectivity index (χ2v) is 9.16. The number of ether oxygens (including phenoxy) is 2. The Hall–Kier alpha value is -2.78. The number of alkyl halides is 3. The minimum atomic E-state index is -4.60. The maximum Gasteiger partial charge on any atom is 0.395 e. The van der Waals surface area contributed by atoms with Crippen molar-refractivity contribution in [1.82, 2.24) is 0 Å². The van der Waals surface area contributed by atoms with Crippen LogP contribution in [0, 0.1) is 5.82 Å². The molecule has 0 aliphatic carbocycles. The summed E-state index contributed by atoms with van der Waals surface area (Å²) in [6.07, 6.45) is -4.39. The van der Waals surface area contributed by atoms with Crippen LogP contribution in [0.25, 0.3) is 10.4 Å². The summed E-state index contributed by atoms with van der Waals surface area (Å²) >= 11 is 7.20. The maximum absolute atomic E-state index is 14.7. The number of carboxylic acid groups (broad SMARTS) is 1. The lowest BCUT2D eigenvalue weighted by atomic mass is 9.94. The van der Waals surface area contributed by atoms with Crippen LogP contribution in [0.15, 0.2) is 42.5 Å². The van der Waals surface area contributed by atoms with E-state index in [9.17, 15) is 22.4 Å². The molecule has 34 heavy (non-hydrogen) atoms. The number of rotatable bonds is 9.